The molecule has 1 aromatic carbocycles. The zero-order chi connectivity index (χ0) is 17.1. The van der Waals surface area contributed by atoms with Crippen LogP contribution in [0.5, 0.6) is 5.75 Å². The molecule has 0 aliphatic rings. The first-order valence-electron chi connectivity index (χ1n) is 7.55. The molecular formula is C18H22N2O3. The van der Waals surface area contributed by atoms with E-state index in [0.717, 1.165) is 16.8 Å². The maximum Gasteiger partial charge on any atom is 0.340 e. The molecule has 0 unspecified atom stereocenters. The van der Waals surface area contributed by atoms with E-state index >= 15 is 0 Å². The van der Waals surface area contributed by atoms with E-state index in [-0.39, 0.29) is 11.7 Å². The largest absolute Gasteiger partial charge is 0.507 e. The minimum atomic E-state index is -0.351. The Morgan fingerprint density at radius 3 is 2.61 bits per heavy atom. The number of hydrogen-bond acceptors (Lipinski definition) is 4. The number of ether oxygens (including phenoxy) is 1. The molecule has 0 amide bonds. The molecule has 1 N–H and O–H groups in total. The number of phenolic OH excluding ortho intramolecular Hbond substituents is 1. The Balaban J connectivity index is 2.39. The molecule has 2 aromatic rings. The molecule has 23 heavy (non-hydrogen) atoms. The number of rotatable bonds is 4. The van der Waals surface area contributed by atoms with Crippen molar-refractivity contribution in [2.75, 3.05) is 6.61 Å². The lowest BCUT2D eigenvalue weighted by molar-refractivity contribution is 0.0525. The van der Waals surface area contributed by atoms with Gasteiger partial charge in [0.25, 0.3) is 0 Å². The number of aryl methyl sites for hydroxylation is 3. The summed E-state index contributed by atoms with van der Waals surface area (Å²) in [6.07, 6.45) is 1.60. The van der Waals surface area contributed by atoms with Crippen molar-refractivity contribution in [1.29, 1.82) is 0 Å². The summed E-state index contributed by atoms with van der Waals surface area (Å²) in [4.78, 5) is 11.9. The highest BCUT2D eigenvalue weighted by Crippen LogP contribution is 2.22. The molecule has 0 bridgehead atoms. The fraction of sp³-hybridized carbons (Fsp3) is 0.333. The average Bonchev–Trinajstić information content (AvgIpc) is 2.77. The van der Waals surface area contributed by atoms with Crippen molar-refractivity contribution >= 4 is 12.2 Å². The van der Waals surface area contributed by atoms with Crippen LogP contribution in [0.15, 0.2) is 23.3 Å². The van der Waals surface area contributed by atoms with E-state index in [1.54, 1.807) is 23.9 Å². The smallest absolute Gasteiger partial charge is 0.340 e. The Hall–Kier alpha value is -2.56. The zero-order valence-electron chi connectivity index (χ0n) is 14.2. The predicted molar refractivity (Wildman–Crippen MR) is 90.4 cm³/mol. The van der Waals surface area contributed by atoms with Crippen LogP contribution in [-0.2, 0) is 4.74 Å². The monoisotopic (exact) mass is 314 g/mol. The van der Waals surface area contributed by atoms with Crippen LogP contribution in [0.2, 0.25) is 0 Å². The van der Waals surface area contributed by atoms with Gasteiger partial charge in [0.2, 0.25) is 0 Å². The Morgan fingerprint density at radius 1 is 1.26 bits per heavy atom. The van der Waals surface area contributed by atoms with Gasteiger partial charge in [0, 0.05) is 11.3 Å². The maximum atomic E-state index is 11.9. The van der Waals surface area contributed by atoms with Gasteiger partial charge < -0.3 is 9.84 Å². The van der Waals surface area contributed by atoms with Crippen LogP contribution < -0.4 is 0 Å². The van der Waals surface area contributed by atoms with Crippen LogP contribution in [0.25, 0.3) is 0 Å². The number of benzene rings is 1. The van der Waals surface area contributed by atoms with Gasteiger partial charge in [0.1, 0.15) is 5.75 Å². The third kappa shape index (κ3) is 3.44. The van der Waals surface area contributed by atoms with Gasteiger partial charge in [0.05, 0.1) is 24.1 Å². The van der Waals surface area contributed by atoms with Gasteiger partial charge >= 0.3 is 5.97 Å². The maximum absolute atomic E-state index is 11.9. The quantitative estimate of drug-likeness (QED) is 0.694. The third-order valence-corrected chi connectivity index (χ3v) is 3.68. The number of phenols is 1. The average molecular weight is 314 g/mol. The van der Waals surface area contributed by atoms with Crippen molar-refractivity contribution in [3.05, 3.63) is 51.8 Å². The van der Waals surface area contributed by atoms with E-state index < -0.39 is 0 Å². The number of carbonyl (C=O) groups excluding carboxylic acids is 1. The molecule has 0 spiro atoms. The van der Waals surface area contributed by atoms with Crippen molar-refractivity contribution in [1.82, 2.24) is 4.68 Å². The van der Waals surface area contributed by atoms with Crippen molar-refractivity contribution in [3.63, 3.8) is 0 Å². The fourth-order valence-corrected chi connectivity index (χ4v) is 2.56. The molecule has 122 valence electrons. The summed E-state index contributed by atoms with van der Waals surface area (Å²) in [7, 11) is 0. The highest BCUT2D eigenvalue weighted by atomic mass is 16.5. The molecule has 0 aliphatic carbocycles. The lowest BCUT2D eigenvalue weighted by Gasteiger charge is -2.06. The van der Waals surface area contributed by atoms with Crippen LogP contribution in [0.1, 0.15) is 45.4 Å². The van der Waals surface area contributed by atoms with Crippen molar-refractivity contribution in [3.8, 4) is 5.75 Å². The highest BCUT2D eigenvalue weighted by molar-refractivity contribution is 5.91. The molecule has 0 radical (unpaired) electrons. The molecule has 1 aromatic heterocycles. The molecule has 0 aliphatic heterocycles. The van der Waals surface area contributed by atoms with E-state index in [2.05, 4.69) is 5.10 Å². The molecule has 1 heterocycles. The second-order valence-electron chi connectivity index (χ2n) is 5.58. The minimum absolute atomic E-state index is 0.215. The van der Waals surface area contributed by atoms with E-state index in [9.17, 15) is 9.90 Å². The topological polar surface area (TPSA) is 63.8 Å². The summed E-state index contributed by atoms with van der Waals surface area (Å²) in [5.74, 6) is -0.135. The van der Waals surface area contributed by atoms with Gasteiger partial charge in [-0.3, -0.25) is 0 Å². The van der Waals surface area contributed by atoms with E-state index in [1.807, 2.05) is 39.8 Å². The van der Waals surface area contributed by atoms with Gasteiger partial charge in [-0.1, -0.05) is 6.07 Å². The van der Waals surface area contributed by atoms with Crippen molar-refractivity contribution < 1.29 is 14.6 Å². The summed E-state index contributed by atoms with van der Waals surface area (Å²) < 4.78 is 6.72. The molecular weight excluding hydrogens is 292 g/mol. The van der Waals surface area contributed by atoms with E-state index in [1.165, 1.54) is 0 Å². The summed E-state index contributed by atoms with van der Waals surface area (Å²) in [5, 5.41) is 14.5. The van der Waals surface area contributed by atoms with Crippen molar-refractivity contribution in [2.45, 2.75) is 34.6 Å². The summed E-state index contributed by atoms with van der Waals surface area (Å²) in [6.45, 7) is 9.62. The molecule has 0 saturated heterocycles. The highest BCUT2D eigenvalue weighted by Gasteiger charge is 2.16. The number of carbonyl (C=O) groups is 1. The number of esters is 1. The second kappa shape index (κ2) is 6.69. The Labute approximate surface area is 136 Å². The summed E-state index contributed by atoms with van der Waals surface area (Å²) in [5.41, 5.74) is 4.54. The lowest BCUT2D eigenvalue weighted by Crippen LogP contribution is -2.06. The number of hydrogen-bond donors (Lipinski definition) is 1. The van der Waals surface area contributed by atoms with Gasteiger partial charge in [0.15, 0.2) is 0 Å². The van der Waals surface area contributed by atoms with E-state index in [0.29, 0.717) is 23.4 Å². The first kappa shape index (κ1) is 16.8. The molecule has 2 rings (SSSR count). The van der Waals surface area contributed by atoms with E-state index in [4.69, 9.17) is 4.74 Å². The third-order valence-electron chi connectivity index (χ3n) is 3.68. The summed E-state index contributed by atoms with van der Waals surface area (Å²) >= 11 is 0. The molecule has 5 nitrogen and oxygen atoms in total. The molecule has 0 saturated carbocycles. The van der Waals surface area contributed by atoms with Crippen LogP contribution in [0.4, 0.5) is 0 Å². The SMILES string of the molecule is CCOC(=O)c1cc(C)n(N=Cc2cc(C)cc(C)c2O)c1C. The Morgan fingerprint density at radius 2 is 1.96 bits per heavy atom. The van der Waals surface area contributed by atoms with Gasteiger partial charge in [-0.15, -0.1) is 0 Å². The zero-order valence-corrected chi connectivity index (χ0v) is 14.2. The normalized spacial score (nSPS) is 11.2. The molecule has 0 atom stereocenters. The first-order chi connectivity index (χ1) is 10.8. The number of aromatic nitrogens is 1. The number of aromatic hydroxyl groups is 1. The van der Waals surface area contributed by atoms with Crippen LogP contribution >= 0.6 is 0 Å². The van der Waals surface area contributed by atoms with Gasteiger partial charge in [-0.25, -0.2) is 9.47 Å². The van der Waals surface area contributed by atoms with Gasteiger partial charge in [-0.2, -0.15) is 5.10 Å². The summed E-state index contributed by atoms with van der Waals surface area (Å²) in [6, 6.07) is 5.54. The van der Waals surface area contributed by atoms with Gasteiger partial charge in [-0.05, 0) is 57.9 Å². The second-order valence-corrected chi connectivity index (χ2v) is 5.58. The fourth-order valence-electron chi connectivity index (χ4n) is 2.56. The molecule has 5 heteroatoms. The molecule has 0 fully saturated rings. The van der Waals surface area contributed by atoms with Crippen molar-refractivity contribution in [2.24, 2.45) is 5.10 Å². The Bertz CT molecular complexity index is 773. The predicted octanol–water partition coefficient (Wildman–Crippen LogP) is 3.49. The van der Waals surface area contributed by atoms with Crippen LogP contribution in [-0.4, -0.2) is 28.6 Å². The van der Waals surface area contributed by atoms with Crippen LogP contribution in [0.3, 0.4) is 0 Å². The standard InChI is InChI=1S/C18H22N2O3/c1-6-23-18(22)16-9-13(4)20(14(16)5)19-10-15-8-11(2)7-12(3)17(15)21/h7-10,21H,6H2,1-5H3. The first-order valence-corrected chi connectivity index (χ1v) is 7.55. The number of nitrogens with zero attached hydrogens (tertiary/aromatic N) is 2. The van der Waals surface area contributed by atoms with Crippen LogP contribution in [0, 0.1) is 27.7 Å². The Kier molecular flexibility index (Phi) is 4.89. The minimum Gasteiger partial charge on any atom is -0.507 e. The lowest BCUT2D eigenvalue weighted by atomic mass is 10.1.